The van der Waals surface area contributed by atoms with E-state index in [1.165, 1.54) is 12.1 Å². The van der Waals surface area contributed by atoms with E-state index >= 15 is 8.78 Å². The fourth-order valence-electron chi connectivity index (χ4n) is 10.8. The SMILES string of the molecule is CC(F)(F)c1nc(C23CCC(CNc4ccc(F)c(-c5ccc(Oc6ccc(-c7cc(NCC89CCC(c%10noc(C(C)(F)F)n%10)(CC8)CC9)ccc7F)cc6)cc5)c4)(CC2)CC3)no1. The maximum Gasteiger partial charge on any atom is 0.322 e. The Morgan fingerprint density at radius 3 is 1.20 bits per heavy atom. The van der Waals surface area contributed by atoms with Crippen molar-refractivity contribution < 1.29 is 40.1 Å². The van der Waals surface area contributed by atoms with Crippen LogP contribution >= 0.6 is 0 Å². The number of nitrogens with one attached hydrogen (secondary N) is 2. The van der Waals surface area contributed by atoms with Crippen LogP contribution in [0.2, 0.25) is 0 Å². The Morgan fingerprint density at radius 2 is 0.877 bits per heavy atom. The smallest absolute Gasteiger partial charge is 0.322 e. The summed E-state index contributed by atoms with van der Waals surface area (Å²) in [5.41, 5.74) is 3.32. The minimum absolute atomic E-state index is 0.0409. The van der Waals surface area contributed by atoms with E-state index in [1.807, 2.05) is 36.4 Å². The number of benzene rings is 4. The van der Waals surface area contributed by atoms with Crippen LogP contribution in [0.5, 0.6) is 11.5 Å². The van der Waals surface area contributed by atoms with E-state index in [4.69, 9.17) is 13.8 Å². The second-order valence-electron chi connectivity index (χ2n) is 19.4. The van der Waals surface area contributed by atoms with E-state index < -0.39 is 23.6 Å². The van der Waals surface area contributed by atoms with Gasteiger partial charge >= 0.3 is 11.8 Å². The summed E-state index contributed by atoms with van der Waals surface area (Å²) in [6, 6.07) is 24.4. The lowest BCUT2D eigenvalue weighted by molar-refractivity contribution is -0.0162. The van der Waals surface area contributed by atoms with Crippen LogP contribution in [0.3, 0.4) is 0 Å². The van der Waals surface area contributed by atoms with E-state index in [9.17, 15) is 17.6 Å². The molecule has 0 aliphatic heterocycles. The largest absolute Gasteiger partial charge is 0.457 e. The molecule has 0 atom stereocenters. The van der Waals surface area contributed by atoms with Crippen LogP contribution in [0.25, 0.3) is 22.3 Å². The van der Waals surface area contributed by atoms with Gasteiger partial charge in [-0.2, -0.15) is 27.5 Å². The third-order valence-electron chi connectivity index (χ3n) is 15.2. The standard InChI is InChI=1S/C50H50F6N6O3/c1-45(53,54)43-59-41(61-64-43)49-21-15-47(16-22-49,17-23-49)29-57-33-7-13-39(51)37(27-33)31-3-9-35(10-4-31)63-36-11-5-32(6-12-36)38-28-34(8-14-40(38)52)58-30-48-18-24-50(25-19-48,26-20-48)42-60-44(65-62-42)46(2,55)56/h3-14,27-28,57-58H,15-26,29-30H2,1-2H3. The Bertz CT molecular complexity index is 2460. The quantitative estimate of drug-likeness (QED) is 0.103. The van der Waals surface area contributed by atoms with Crippen LogP contribution in [0.15, 0.2) is 94.0 Å². The molecule has 0 radical (unpaired) electrons. The first-order chi connectivity index (χ1) is 31.0. The van der Waals surface area contributed by atoms with Gasteiger partial charge in [0.25, 0.3) is 11.8 Å². The highest BCUT2D eigenvalue weighted by Crippen LogP contribution is 2.58. The van der Waals surface area contributed by atoms with Gasteiger partial charge in [0.2, 0.25) is 0 Å². The summed E-state index contributed by atoms with van der Waals surface area (Å²) >= 11 is 0. The lowest BCUT2D eigenvalue weighted by Crippen LogP contribution is -2.47. The number of anilines is 2. The lowest BCUT2D eigenvalue weighted by Gasteiger charge is -2.52. The molecule has 2 aromatic heterocycles. The Balaban J connectivity index is 0.731. The predicted octanol–water partition coefficient (Wildman–Crippen LogP) is 13.5. The number of hydrogen-bond donors (Lipinski definition) is 2. The molecule has 6 aliphatic rings. The number of halogens is 6. The molecule has 2 N–H and O–H groups in total. The topological polar surface area (TPSA) is 111 Å². The summed E-state index contributed by atoms with van der Waals surface area (Å²) in [5.74, 6) is -6.40. The summed E-state index contributed by atoms with van der Waals surface area (Å²) in [6.45, 7) is 2.95. The molecule has 4 aromatic carbocycles. The van der Waals surface area contributed by atoms with Gasteiger partial charge in [-0.15, -0.1) is 0 Å². The minimum atomic E-state index is -3.17. The summed E-state index contributed by atoms with van der Waals surface area (Å²) in [5, 5.41) is 15.0. The molecule has 4 bridgehead atoms. The maximum absolute atomic E-state index is 15.2. The van der Waals surface area contributed by atoms with Gasteiger partial charge in [0.1, 0.15) is 23.1 Å². The molecule has 65 heavy (non-hydrogen) atoms. The Hall–Kier alpha value is -5.86. The highest BCUT2D eigenvalue weighted by atomic mass is 19.3. The zero-order valence-corrected chi connectivity index (χ0v) is 36.3. The average Bonchev–Trinajstić information content (AvgIpc) is 4.04. The molecule has 15 heteroatoms. The van der Waals surface area contributed by atoms with Crippen molar-refractivity contribution in [2.75, 3.05) is 23.7 Å². The fraction of sp³-hybridized carbons (Fsp3) is 0.440. The fourth-order valence-corrected chi connectivity index (χ4v) is 10.8. The van der Waals surface area contributed by atoms with Gasteiger partial charge in [0, 0.05) is 60.3 Å². The second-order valence-corrected chi connectivity index (χ2v) is 19.4. The number of fused-ring (bicyclic) bond motifs is 6. The van der Waals surface area contributed by atoms with Gasteiger partial charge in [-0.1, -0.05) is 34.6 Å². The molecule has 0 saturated heterocycles. The third kappa shape index (κ3) is 8.35. The Morgan fingerprint density at radius 1 is 0.523 bits per heavy atom. The van der Waals surface area contributed by atoms with Crippen LogP contribution < -0.4 is 15.4 Å². The molecule has 0 spiro atoms. The first-order valence-corrected chi connectivity index (χ1v) is 22.4. The van der Waals surface area contributed by atoms with E-state index in [1.54, 1.807) is 36.4 Å². The van der Waals surface area contributed by atoms with Gasteiger partial charge < -0.3 is 24.4 Å². The third-order valence-corrected chi connectivity index (χ3v) is 15.2. The highest BCUT2D eigenvalue weighted by molar-refractivity contribution is 5.71. The molecule has 6 aromatic rings. The first kappa shape index (κ1) is 43.1. The van der Waals surface area contributed by atoms with Crippen molar-refractivity contribution in [3.8, 4) is 33.8 Å². The highest BCUT2D eigenvalue weighted by Gasteiger charge is 2.53. The van der Waals surface area contributed by atoms with Gasteiger partial charge in [0.05, 0.1) is 0 Å². The molecule has 6 saturated carbocycles. The van der Waals surface area contributed by atoms with E-state index in [2.05, 4.69) is 30.9 Å². The Labute approximate surface area is 372 Å². The zero-order chi connectivity index (χ0) is 45.2. The maximum atomic E-state index is 15.2. The molecule has 12 rings (SSSR count). The second kappa shape index (κ2) is 15.9. The van der Waals surface area contributed by atoms with Crippen molar-refractivity contribution in [2.45, 2.75) is 114 Å². The van der Waals surface area contributed by atoms with Gasteiger partial charge in [-0.05, 0) is 160 Å². The number of hydrogen-bond acceptors (Lipinski definition) is 9. The molecular formula is C50H50F6N6O3. The summed E-state index contributed by atoms with van der Waals surface area (Å²) in [4.78, 5) is 8.19. The number of aromatic nitrogens is 4. The van der Waals surface area contributed by atoms with Crippen LogP contribution in [-0.4, -0.2) is 33.4 Å². The summed E-state index contributed by atoms with van der Waals surface area (Å²) < 4.78 is 102. The number of rotatable bonds is 14. The lowest BCUT2D eigenvalue weighted by atomic mass is 9.53. The number of nitrogens with zero attached hydrogens (tertiary/aromatic N) is 4. The molecule has 9 nitrogen and oxygen atoms in total. The first-order valence-electron chi connectivity index (χ1n) is 22.4. The van der Waals surface area contributed by atoms with E-state index in [0.717, 1.165) is 102 Å². The molecular weight excluding hydrogens is 847 g/mol. The van der Waals surface area contributed by atoms with Gasteiger partial charge in [-0.25, -0.2) is 8.78 Å². The van der Waals surface area contributed by atoms with Crippen LogP contribution in [0, 0.1) is 22.5 Å². The normalized spacial score (nSPS) is 25.2. The molecule has 2 heterocycles. The Kier molecular flexibility index (Phi) is 10.6. The minimum Gasteiger partial charge on any atom is -0.457 e. The summed E-state index contributed by atoms with van der Waals surface area (Å²) in [6.07, 6.45) is 10.2. The summed E-state index contributed by atoms with van der Waals surface area (Å²) in [7, 11) is 0. The van der Waals surface area contributed by atoms with Crippen molar-refractivity contribution in [1.82, 2.24) is 20.3 Å². The number of alkyl halides is 4. The molecule has 0 unspecified atom stereocenters. The van der Waals surface area contributed by atoms with Crippen molar-refractivity contribution in [2.24, 2.45) is 10.8 Å². The van der Waals surface area contributed by atoms with E-state index in [0.29, 0.717) is 58.5 Å². The van der Waals surface area contributed by atoms with Crippen molar-refractivity contribution in [3.63, 3.8) is 0 Å². The monoisotopic (exact) mass is 896 g/mol. The van der Waals surface area contributed by atoms with Crippen LogP contribution in [-0.2, 0) is 22.7 Å². The zero-order valence-electron chi connectivity index (χ0n) is 36.3. The van der Waals surface area contributed by atoms with Crippen molar-refractivity contribution in [3.05, 3.63) is 120 Å². The number of ether oxygens (including phenoxy) is 1. The predicted molar refractivity (Wildman–Crippen MR) is 232 cm³/mol. The molecule has 6 fully saturated rings. The van der Waals surface area contributed by atoms with Crippen LogP contribution in [0.4, 0.5) is 37.7 Å². The molecule has 340 valence electrons. The molecule has 6 aliphatic carbocycles. The average molecular weight is 897 g/mol. The van der Waals surface area contributed by atoms with Crippen LogP contribution in [0.1, 0.15) is 114 Å². The van der Waals surface area contributed by atoms with Gasteiger partial charge in [0.15, 0.2) is 11.6 Å². The molecule has 0 amide bonds. The van der Waals surface area contributed by atoms with Crippen molar-refractivity contribution in [1.29, 1.82) is 0 Å². The van der Waals surface area contributed by atoms with Gasteiger partial charge in [-0.3, -0.25) is 0 Å². The van der Waals surface area contributed by atoms with Crippen molar-refractivity contribution >= 4 is 11.4 Å². The van der Waals surface area contributed by atoms with E-state index in [-0.39, 0.29) is 33.3 Å².